The molecule has 19 heavy (non-hydrogen) atoms. The molecule has 0 fully saturated rings. The average molecular weight is 267 g/mol. The van der Waals surface area contributed by atoms with Crippen LogP contribution in [0.2, 0.25) is 0 Å². The summed E-state index contributed by atoms with van der Waals surface area (Å²) in [6, 6.07) is 0. The highest BCUT2D eigenvalue weighted by molar-refractivity contribution is 5.27. The molecule has 0 atom stereocenters. The van der Waals surface area contributed by atoms with Gasteiger partial charge in [-0.05, 0) is 11.8 Å². The fraction of sp³-hybridized carbons (Fsp3) is 0.733. The fourth-order valence-electron chi connectivity index (χ4n) is 2.11. The molecule has 0 unspecified atom stereocenters. The summed E-state index contributed by atoms with van der Waals surface area (Å²) in [6.45, 7) is 14.1. The number of nitrogens with zero attached hydrogens (tertiary/aromatic N) is 1. The molecule has 0 N–H and O–H groups in total. The van der Waals surface area contributed by atoms with Gasteiger partial charge in [-0.15, -0.1) is 0 Å². The van der Waals surface area contributed by atoms with E-state index in [-0.39, 0.29) is 16.4 Å². The standard InChI is InChI=1S/C15H25NO3/c1-8-9-16-12(17)10(14(2,3)4)11(15(5,6)7)19-13(16)18/h8-9H2,1-7H3. The molecule has 108 valence electrons. The van der Waals surface area contributed by atoms with Gasteiger partial charge in [0.2, 0.25) is 0 Å². The lowest BCUT2D eigenvalue weighted by Gasteiger charge is -2.27. The highest BCUT2D eigenvalue weighted by atomic mass is 16.4. The molecule has 4 heteroatoms. The van der Waals surface area contributed by atoms with E-state index in [4.69, 9.17) is 4.42 Å². The van der Waals surface area contributed by atoms with E-state index in [0.29, 0.717) is 17.9 Å². The van der Waals surface area contributed by atoms with Gasteiger partial charge in [0, 0.05) is 12.0 Å². The van der Waals surface area contributed by atoms with Gasteiger partial charge in [-0.3, -0.25) is 4.79 Å². The molecule has 0 aliphatic heterocycles. The predicted molar refractivity (Wildman–Crippen MR) is 76.9 cm³/mol. The average Bonchev–Trinajstić information content (AvgIpc) is 2.19. The Morgan fingerprint density at radius 3 is 1.89 bits per heavy atom. The van der Waals surface area contributed by atoms with Crippen LogP contribution in [0.3, 0.4) is 0 Å². The van der Waals surface area contributed by atoms with E-state index in [2.05, 4.69) is 0 Å². The smallest absolute Gasteiger partial charge is 0.413 e. The van der Waals surface area contributed by atoms with Crippen LogP contribution in [-0.2, 0) is 17.4 Å². The summed E-state index contributed by atoms with van der Waals surface area (Å²) < 4.78 is 6.68. The molecule has 0 bridgehead atoms. The number of hydrogen-bond donors (Lipinski definition) is 0. The molecule has 0 saturated heterocycles. The first-order chi connectivity index (χ1) is 8.50. The first-order valence-corrected chi connectivity index (χ1v) is 6.79. The van der Waals surface area contributed by atoms with Crippen LogP contribution in [0.15, 0.2) is 14.0 Å². The molecule has 0 radical (unpaired) electrons. The SMILES string of the molecule is CCCn1c(=O)oc(C(C)(C)C)c(C(C)(C)C)c1=O. The predicted octanol–water partition coefficient (Wildman–Crippen LogP) is 2.81. The number of rotatable bonds is 2. The van der Waals surface area contributed by atoms with Gasteiger partial charge >= 0.3 is 5.76 Å². The number of aromatic nitrogens is 1. The molecule has 4 nitrogen and oxygen atoms in total. The lowest BCUT2D eigenvalue weighted by atomic mass is 9.80. The van der Waals surface area contributed by atoms with E-state index in [0.717, 1.165) is 6.42 Å². The first-order valence-electron chi connectivity index (χ1n) is 6.79. The third-order valence-corrected chi connectivity index (χ3v) is 2.97. The maximum Gasteiger partial charge on any atom is 0.421 e. The lowest BCUT2D eigenvalue weighted by Crippen LogP contribution is -2.41. The van der Waals surface area contributed by atoms with Crippen molar-refractivity contribution in [1.29, 1.82) is 0 Å². The Morgan fingerprint density at radius 1 is 1.00 bits per heavy atom. The van der Waals surface area contributed by atoms with Crippen molar-refractivity contribution in [2.75, 3.05) is 0 Å². The van der Waals surface area contributed by atoms with Gasteiger partial charge in [0.1, 0.15) is 5.76 Å². The maximum absolute atomic E-state index is 12.6. The molecule has 0 aromatic carbocycles. The van der Waals surface area contributed by atoms with Crippen LogP contribution >= 0.6 is 0 Å². The van der Waals surface area contributed by atoms with E-state index >= 15 is 0 Å². The maximum atomic E-state index is 12.6. The zero-order chi connectivity index (χ0) is 15.0. The minimum atomic E-state index is -0.551. The van der Waals surface area contributed by atoms with Crippen LogP contribution in [0.1, 0.15) is 66.2 Å². The highest BCUT2D eigenvalue weighted by Gasteiger charge is 2.32. The first kappa shape index (κ1) is 15.7. The fourth-order valence-corrected chi connectivity index (χ4v) is 2.11. The van der Waals surface area contributed by atoms with Gasteiger partial charge in [0.25, 0.3) is 5.56 Å². The van der Waals surface area contributed by atoms with E-state index in [1.54, 1.807) is 0 Å². The van der Waals surface area contributed by atoms with Gasteiger partial charge in [-0.1, -0.05) is 48.5 Å². The summed E-state index contributed by atoms with van der Waals surface area (Å²) in [5, 5.41) is 0. The third kappa shape index (κ3) is 3.17. The minimum absolute atomic E-state index is 0.212. The van der Waals surface area contributed by atoms with Crippen molar-refractivity contribution in [2.24, 2.45) is 0 Å². The van der Waals surface area contributed by atoms with Gasteiger partial charge in [-0.2, -0.15) is 0 Å². The second-order valence-electron chi connectivity index (χ2n) is 7.03. The van der Waals surface area contributed by atoms with E-state index < -0.39 is 5.76 Å². The molecule has 1 rings (SSSR count). The highest BCUT2D eigenvalue weighted by Crippen LogP contribution is 2.30. The van der Waals surface area contributed by atoms with Crippen molar-refractivity contribution in [2.45, 2.75) is 72.3 Å². The molecule has 0 spiro atoms. The molecular formula is C15H25NO3. The van der Waals surface area contributed by atoms with Crippen molar-refractivity contribution in [3.05, 3.63) is 32.2 Å². The molecule has 0 saturated carbocycles. The van der Waals surface area contributed by atoms with Crippen molar-refractivity contribution in [3.63, 3.8) is 0 Å². The monoisotopic (exact) mass is 267 g/mol. The molecule has 1 aromatic rings. The summed E-state index contributed by atoms with van der Waals surface area (Å²) in [6.07, 6.45) is 0.725. The topological polar surface area (TPSA) is 52.2 Å². The second kappa shape index (κ2) is 4.99. The zero-order valence-electron chi connectivity index (χ0n) is 13.1. The Bertz CT molecular complexity index is 565. The van der Waals surface area contributed by atoms with Crippen molar-refractivity contribution < 1.29 is 4.42 Å². The summed E-state index contributed by atoms with van der Waals surface area (Å²) in [5.74, 6) is -0.0490. The van der Waals surface area contributed by atoms with Crippen molar-refractivity contribution in [3.8, 4) is 0 Å². The Balaban J connectivity index is 3.79. The van der Waals surface area contributed by atoms with Crippen LogP contribution in [-0.4, -0.2) is 4.57 Å². The molecule has 1 heterocycles. The molecular weight excluding hydrogens is 242 g/mol. The van der Waals surface area contributed by atoms with Crippen LogP contribution < -0.4 is 11.3 Å². The third-order valence-electron chi connectivity index (χ3n) is 2.97. The summed E-state index contributed by atoms with van der Waals surface area (Å²) in [4.78, 5) is 24.6. The van der Waals surface area contributed by atoms with Crippen molar-refractivity contribution in [1.82, 2.24) is 4.57 Å². The van der Waals surface area contributed by atoms with Gasteiger partial charge in [-0.25, -0.2) is 9.36 Å². The summed E-state index contributed by atoms with van der Waals surface area (Å²) >= 11 is 0. The van der Waals surface area contributed by atoms with Crippen LogP contribution in [0.4, 0.5) is 0 Å². The summed E-state index contributed by atoms with van der Waals surface area (Å²) in [5.41, 5.74) is -0.331. The van der Waals surface area contributed by atoms with Crippen LogP contribution in [0.5, 0.6) is 0 Å². The van der Waals surface area contributed by atoms with Gasteiger partial charge < -0.3 is 4.42 Å². The number of hydrogen-bond acceptors (Lipinski definition) is 3. The van der Waals surface area contributed by atoms with Crippen molar-refractivity contribution >= 4 is 0 Å². The lowest BCUT2D eigenvalue weighted by molar-refractivity contribution is 0.312. The van der Waals surface area contributed by atoms with Gasteiger partial charge in [0.05, 0.1) is 5.56 Å². The normalized spacial score (nSPS) is 12.8. The largest absolute Gasteiger partial charge is 0.421 e. The van der Waals surface area contributed by atoms with E-state index in [9.17, 15) is 9.59 Å². The Hall–Kier alpha value is -1.32. The molecule has 0 aliphatic carbocycles. The van der Waals surface area contributed by atoms with Crippen LogP contribution in [0, 0.1) is 0 Å². The Labute approximate surface area is 114 Å². The summed E-state index contributed by atoms with van der Waals surface area (Å²) in [7, 11) is 0. The Kier molecular flexibility index (Phi) is 4.13. The van der Waals surface area contributed by atoms with E-state index in [1.807, 2.05) is 48.5 Å². The molecule has 0 aliphatic rings. The molecule has 0 amide bonds. The zero-order valence-corrected chi connectivity index (χ0v) is 13.1. The second-order valence-corrected chi connectivity index (χ2v) is 7.03. The Morgan fingerprint density at radius 2 is 1.53 bits per heavy atom. The van der Waals surface area contributed by atoms with Crippen LogP contribution in [0.25, 0.3) is 0 Å². The van der Waals surface area contributed by atoms with E-state index in [1.165, 1.54) is 4.57 Å². The minimum Gasteiger partial charge on any atom is -0.413 e. The quantitative estimate of drug-likeness (QED) is 0.828. The van der Waals surface area contributed by atoms with Gasteiger partial charge in [0.15, 0.2) is 0 Å². The molecule has 1 aromatic heterocycles.